The molecule has 0 heterocycles. The van der Waals surface area contributed by atoms with E-state index in [1.165, 1.54) is 0 Å². The van der Waals surface area contributed by atoms with E-state index >= 15 is 0 Å². The number of likely N-dealkylation sites (N-methyl/N-ethyl adjacent to an activating group) is 2. The van der Waals surface area contributed by atoms with Crippen LogP contribution >= 0.6 is 0 Å². The van der Waals surface area contributed by atoms with Crippen molar-refractivity contribution >= 4 is 0 Å². The molecule has 0 unspecified atom stereocenters. The van der Waals surface area contributed by atoms with Gasteiger partial charge in [-0.1, -0.05) is 0 Å². The monoisotopic (exact) mass is 238 g/mol. The van der Waals surface area contributed by atoms with Crippen molar-refractivity contribution in [1.82, 2.24) is 9.80 Å². The fraction of sp³-hybridized carbons (Fsp3) is 1.00. The standard InChI is InChI=1S/2C5H13NO2/c2*1-6(2-4-7)3-5-8/h2*7-8H,2-5H2,1H3. The first-order chi connectivity index (χ1) is 7.62. The minimum atomic E-state index is 0.163. The third-order valence-corrected chi connectivity index (χ3v) is 1.93. The summed E-state index contributed by atoms with van der Waals surface area (Å²) in [6, 6.07) is 0. The number of rotatable bonds is 8. The van der Waals surface area contributed by atoms with Gasteiger partial charge < -0.3 is 30.2 Å². The van der Waals surface area contributed by atoms with Gasteiger partial charge in [-0.15, -0.1) is 0 Å². The summed E-state index contributed by atoms with van der Waals surface area (Å²) in [6.45, 7) is 3.21. The van der Waals surface area contributed by atoms with Crippen LogP contribution in [0.15, 0.2) is 0 Å². The first-order valence-corrected chi connectivity index (χ1v) is 5.42. The third-order valence-electron chi connectivity index (χ3n) is 1.93. The Morgan fingerprint density at radius 2 is 0.750 bits per heavy atom. The Morgan fingerprint density at radius 1 is 0.562 bits per heavy atom. The maximum atomic E-state index is 8.34. The first-order valence-electron chi connectivity index (χ1n) is 5.42. The van der Waals surface area contributed by atoms with Gasteiger partial charge in [0.2, 0.25) is 0 Å². The number of aliphatic hydroxyl groups is 4. The van der Waals surface area contributed by atoms with Crippen molar-refractivity contribution < 1.29 is 20.4 Å². The Kier molecular flexibility index (Phi) is 16.7. The van der Waals surface area contributed by atoms with E-state index < -0.39 is 0 Å². The summed E-state index contributed by atoms with van der Waals surface area (Å²) in [5.74, 6) is 0. The average Bonchev–Trinajstić information content (AvgIpc) is 2.20. The second kappa shape index (κ2) is 14.8. The molecule has 0 aromatic rings. The van der Waals surface area contributed by atoms with Gasteiger partial charge >= 0.3 is 0 Å². The molecule has 0 aliphatic heterocycles. The molecule has 0 aliphatic carbocycles. The van der Waals surface area contributed by atoms with E-state index in [0.29, 0.717) is 26.2 Å². The van der Waals surface area contributed by atoms with Crippen molar-refractivity contribution in [3.05, 3.63) is 0 Å². The summed E-state index contributed by atoms with van der Waals surface area (Å²) in [7, 11) is 3.71. The fourth-order valence-corrected chi connectivity index (χ4v) is 0.906. The van der Waals surface area contributed by atoms with Crippen LogP contribution in [-0.4, -0.2) is 96.9 Å². The predicted octanol–water partition coefficient (Wildman–Crippen LogP) is -2.19. The van der Waals surface area contributed by atoms with E-state index in [9.17, 15) is 0 Å². The van der Waals surface area contributed by atoms with Crippen LogP contribution in [0.5, 0.6) is 0 Å². The van der Waals surface area contributed by atoms with Crippen LogP contribution in [0.3, 0.4) is 0 Å². The largest absolute Gasteiger partial charge is 0.395 e. The lowest BCUT2D eigenvalue weighted by molar-refractivity contribution is 0.184. The molecule has 0 amide bonds. The maximum Gasteiger partial charge on any atom is 0.0558 e. The van der Waals surface area contributed by atoms with Crippen molar-refractivity contribution in [3.8, 4) is 0 Å². The van der Waals surface area contributed by atoms with E-state index in [1.54, 1.807) is 0 Å². The highest BCUT2D eigenvalue weighted by Gasteiger charge is 1.92. The SMILES string of the molecule is CN(CCO)CCO.CN(CCO)CCO. The lowest BCUT2D eigenvalue weighted by atomic mass is 10.5. The molecule has 4 N–H and O–H groups in total. The van der Waals surface area contributed by atoms with Crippen LogP contribution < -0.4 is 0 Å². The van der Waals surface area contributed by atoms with Crippen LogP contribution in [0.4, 0.5) is 0 Å². The molecule has 0 atom stereocenters. The molecule has 100 valence electrons. The van der Waals surface area contributed by atoms with Gasteiger partial charge in [0.15, 0.2) is 0 Å². The first kappa shape index (κ1) is 18.1. The Balaban J connectivity index is 0. The molecule has 0 aromatic carbocycles. The highest BCUT2D eigenvalue weighted by atomic mass is 16.3. The minimum absolute atomic E-state index is 0.163. The molecule has 0 bridgehead atoms. The summed E-state index contributed by atoms with van der Waals surface area (Å²) in [4.78, 5) is 3.72. The van der Waals surface area contributed by atoms with E-state index in [1.807, 2.05) is 23.9 Å². The van der Waals surface area contributed by atoms with E-state index in [0.717, 1.165) is 0 Å². The van der Waals surface area contributed by atoms with Gasteiger partial charge in [-0.05, 0) is 14.1 Å². The number of aliphatic hydroxyl groups excluding tert-OH is 4. The predicted molar refractivity (Wildman–Crippen MR) is 63.3 cm³/mol. The molecule has 0 fully saturated rings. The molecule has 0 radical (unpaired) electrons. The van der Waals surface area contributed by atoms with Crippen molar-refractivity contribution in [2.24, 2.45) is 0 Å². The van der Waals surface area contributed by atoms with E-state index in [-0.39, 0.29) is 26.4 Å². The zero-order valence-corrected chi connectivity index (χ0v) is 10.3. The topological polar surface area (TPSA) is 87.4 Å². The molecule has 0 saturated carbocycles. The molecule has 16 heavy (non-hydrogen) atoms. The molecule has 0 spiro atoms. The highest BCUT2D eigenvalue weighted by Crippen LogP contribution is 1.77. The van der Waals surface area contributed by atoms with Crippen LogP contribution in [0.1, 0.15) is 0 Å². The second-order valence-electron chi connectivity index (χ2n) is 3.50. The highest BCUT2D eigenvalue weighted by molar-refractivity contribution is 4.46. The van der Waals surface area contributed by atoms with Gasteiger partial charge in [0.05, 0.1) is 26.4 Å². The molecule has 0 aromatic heterocycles. The summed E-state index contributed by atoms with van der Waals surface area (Å²) < 4.78 is 0. The molecule has 0 saturated heterocycles. The van der Waals surface area contributed by atoms with Crippen LogP contribution in [0.25, 0.3) is 0 Å². The van der Waals surface area contributed by atoms with Gasteiger partial charge in [-0.25, -0.2) is 0 Å². The molecule has 6 heteroatoms. The number of nitrogens with zero attached hydrogens (tertiary/aromatic N) is 2. The summed E-state index contributed by atoms with van der Waals surface area (Å²) in [5.41, 5.74) is 0. The molecular formula is C10H26N2O4. The third kappa shape index (κ3) is 16.2. The van der Waals surface area contributed by atoms with Crippen LogP contribution in [0.2, 0.25) is 0 Å². The summed E-state index contributed by atoms with van der Waals surface area (Å²) in [6.07, 6.45) is 0. The van der Waals surface area contributed by atoms with Gasteiger partial charge in [-0.3, -0.25) is 0 Å². The lowest BCUT2D eigenvalue weighted by Gasteiger charge is -2.11. The zero-order valence-electron chi connectivity index (χ0n) is 10.3. The molecular weight excluding hydrogens is 212 g/mol. The summed E-state index contributed by atoms with van der Waals surface area (Å²) >= 11 is 0. The number of hydrogen-bond acceptors (Lipinski definition) is 6. The fourth-order valence-electron chi connectivity index (χ4n) is 0.906. The van der Waals surface area contributed by atoms with Gasteiger partial charge in [0, 0.05) is 26.2 Å². The average molecular weight is 238 g/mol. The van der Waals surface area contributed by atoms with Gasteiger partial charge in [0.1, 0.15) is 0 Å². The Morgan fingerprint density at radius 3 is 0.875 bits per heavy atom. The second-order valence-corrected chi connectivity index (χ2v) is 3.50. The smallest absolute Gasteiger partial charge is 0.0558 e. The Hall–Kier alpha value is -0.240. The van der Waals surface area contributed by atoms with Gasteiger partial charge in [0.25, 0.3) is 0 Å². The molecule has 0 rings (SSSR count). The zero-order chi connectivity index (χ0) is 12.8. The van der Waals surface area contributed by atoms with Crippen LogP contribution in [-0.2, 0) is 0 Å². The van der Waals surface area contributed by atoms with Crippen molar-refractivity contribution in [3.63, 3.8) is 0 Å². The van der Waals surface area contributed by atoms with Crippen molar-refractivity contribution in [1.29, 1.82) is 0 Å². The summed E-state index contributed by atoms with van der Waals surface area (Å²) in [5, 5.41) is 33.4. The normalized spacial score (nSPS) is 10.5. The molecule has 6 nitrogen and oxygen atoms in total. The maximum absolute atomic E-state index is 8.34. The van der Waals surface area contributed by atoms with E-state index in [2.05, 4.69) is 0 Å². The van der Waals surface area contributed by atoms with Crippen molar-refractivity contribution in [2.75, 3.05) is 66.7 Å². The van der Waals surface area contributed by atoms with Crippen molar-refractivity contribution in [2.45, 2.75) is 0 Å². The van der Waals surface area contributed by atoms with E-state index in [4.69, 9.17) is 20.4 Å². The Labute approximate surface area is 97.7 Å². The molecule has 0 aliphatic rings. The van der Waals surface area contributed by atoms with Gasteiger partial charge in [-0.2, -0.15) is 0 Å². The number of hydrogen-bond donors (Lipinski definition) is 4. The quantitative estimate of drug-likeness (QED) is 0.384. The minimum Gasteiger partial charge on any atom is -0.395 e. The lowest BCUT2D eigenvalue weighted by Crippen LogP contribution is -2.25. The Bertz CT molecular complexity index is 101. The van der Waals surface area contributed by atoms with Crippen LogP contribution in [0, 0.1) is 0 Å².